The maximum Gasteiger partial charge on any atom is 0.248 e. The minimum Gasteiger partial charge on any atom is -0.493 e. The number of ether oxygens (including phenoxy) is 2. The van der Waals surface area contributed by atoms with E-state index < -0.39 is 23.1 Å². The summed E-state index contributed by atoms with van der Waals surface area (Å²) in [5, 5.41) is 11.6. The summed E-state index contributed by atoms with van der Waals surface area (Å²) in [7, 11) is 4.40. The molecule has 0 heterocycles. The van der Waals surface area contributed by atoms with Gasteiger partial charge in [0.15, 0.2) is 11.5 Å². The normalized spacial score (nSPS) is 13.9. The first-order valence-electron chi connectivity index (χ1n) is 9.74. The van der Waals surface area contributed by atoms with Crippen LogP contribution in [0.3, 0.4) is 0 Å². The van der Waals surface area contributed by atoms with Gasteiger partial charge in [-0.2, -0.15) is 0 Å². The Morgan fingerprint density at radius 1 is 1.10 bits per heavy atom. The van der Waals surface area contributed by atoms with E-state index in [1.165, 1.54) is 21.3 Å². The molecule has 1 amide bonds. The molecule has 0 bridgehead atoms. The van der Waals surface area contributed by atoms with Gasteiger partial charge in [0.1, 0.15) is 11.0 Å². The second-order valence-corrected chi connectivity index (χ2v) is 8.28. The molecule has 0 unspecified atom stereocenters. The van der Waals surface area contributed by atoms with Gasteiger partial charge >= 0.3 is 0 Å². The molecule has 0 spiro atoms. The molecule has 3 atom stereocenters. The number of nitrogens with zero attached hydrogens (tertiary/aromatic N) is 1. The van der Waals surface area contributed by atoms with Gasteiger partial charge in [-0.25, -0.2) is 14.0 Å². The summed E-state index contributed by atoms with van der Waals surface area (Å²) in [6.07, 6.45) is -0.964. The predicted octanol–water partition coefficient (Wildman–Crippen LogP) is 2.53. The molecule has 2 aromatic carbocycles. The van der Waals surface area contributed by atoms with Crippen molar-refractivity contribution in [2.24, 2.45) is 0 Å². The molecule has 0 aromatic heterocycles. The Balaban J connectivity index is 2.27. The third-order valence-electron chi connectivity index (χ3n) is 4.84. The van der Waals surface area contributed by atoms with Gasteiger partial charge in [-0.1, -0.05) is 23.8 Å². The molecule has 2 rings (SSSR count). The van der Waals surface area contributed by atoms with Crippen LogP contribution in [0, 0.1) is 6.92 Å². The number of aliphatic hydroxyl groups is 1. The van der Waals surface area contributed by atoms with E-state index in [9.17, 15) is 14.1 Å². The van der Waals surface area contributed by atoms with Gasteiger partial charge in [0.25, 0.3) is 0 Å². The van der Waals surface area contributed by atoms with E-state index in [-0.39, 0.29) is 18.7 Å². The Labute approximate surface area is 185 Å². The highest BCUT2D eigenvalue weighted by Gasteiger charge is 2.23. The van der Waals surface area contributed by atoms with Gasteiger partial charge in [0, 0.05) is 13.1 Å². The first kappa shape index (κ1) is 24.8. The molecule has 0 radical (unpaired) electrons. The van der Waals surface area contributed by atoms with Crippen LogP contribution in [0.1, 0.15) is 30.0 Å². The zero-order valence-corrected chi connectivity index (χ0v) is 19.3. The number of hydrogen-bond donors (Lipinski definition) is 2. The Hall–Kier alpha value is -2.46. The van der Waals surface area contributed by atoms with E-state index in [2.05, 4.69) is 4.72 Å². The van der Waals surface area contributed by atoms with Gasteiger partial charge in [0.05, 0.1) is 38.7 Å². The Morgan fingerprint density at radius 2 is 1.74 bits per heavy atom. The van der Waals surface area contributed by atoms with E-state index in [1.807, 2.05) is 19.1 Å². The van der Waals surface area contributed by atoms with Crippen molar-refractivity contribution in [2.75, 3.05) is 28.4 Å². The van der Waals surface area contributed by atoms with Crippen LogP contribution in [0.15, 0.2) is 47.4 Å². The molecule has 0 aliphatic carbocycles. The quantitative estimate of drug-likeness (QED) is 0.511. The van der Waals surface area contributed by atoms with Crippen molar-refractivity contribution in [1.29, 1.82) is 0 Å². The molecule has 0 saturated heterocycles. The summed E-state index contributed by atoms with van der Waals surface area (Å²) >= 11 is 0. The van der Waals surface area contributed by atoms with Crippen molar-refractivity contribution in [3.8, 4) is 11.5 Å². The van der Waals surface area contributed by atoms with E-state index in [0.717, 1.165) is 16.2 Å². The van der Waals surface area contributed by atoms with Crippen LogP contribution < -0.4 is 14.2 Å². The number of hydrogen-bond acceptors (Lipinski definition) is 6. The highest BCUT2D eigenvalue weighted by Crippen LogP contribution is 2.32. The minimum atomic E-state index is -1.53. The number of carbonyl (C=O) groups excluding carboxylic acids is 1. The zero-order valence-electron chi connectivity index (χ0n) is 18.5. The van der Waals surface area contributed by atoms with Crippen molar-refractivity contribution in [3.05, 3.63) is 53.6 Å². The van der Waals surface area contributed by atoms with Crippen LogP contribution in [0.4, 0.5) is 0 Å². The molecule has 0 aliphatic heterocycles. The summed E-state index contributed by atoms with van der Waals surface area (Å²) in [6.45, 7) is 1.96. The molecule has 0 aliphatic rings. The van der Waals surface area contributed by atoms with Crippen LogP contribution in [0.25, 0.3) is 0 Å². The van der Waals surface area contributed by atoms with E-state index >= 15 is 0 Å². The largest absolute Gasteiger partial charge is 0.493 e. The van der Waals surface area contributed by atoms with Gasteiger partial charge in [0.2, 0.25) is 5.91 Å². The first-order chi connectivity index (χ1) is 14.8. The van der Waals surface area contributed by atoms with Crippen LogP contribution >= 0.6 is 0 Å². The molecule has 0 fully saturated rings. The molecule has 8 nitrogen and oxygen atoms in total. The number of benzene rings is 2. The highest BCUT2D eigenvalue weighted by atomic mass is 32.2. The highest BCUT2D eigenvalue weighted by molar-refractivity contribution is 7.83. The third kappa shape index (κ3) is 7.03. The number of rotatable bonds is 11. The lowest BCUT2D eigenvalue weighted by atomic mass is 9.99. The smallest absolute Gasteiger partial charge is 0.248 e. The monoisotopic (exact) mass is 450 g/mol. The fourth-order valence-corrected chi connectivity index (χ4v) is 3.98. The SMILES string of the molecule is COc1ccc([C@H](C[C@@H](O)CC(=O)N(C)OC)N[S@](=O)c2ccc(C)cc2)cc1OC. The molecule has 31 heavy (non-hydrogen) atoms. The average Bonchev–Trinajstić information content (AvgIpc) is 2.77. The van der Waals surface area contributed by atoms with Gasteiger partial charge in [-0.3, -0.25) is 9.63 Å². The third-order valence-corrected chi connectivity index (χ3v) is 6.04. The minimum absolute atomic E-state index is 0.132. The molecule has 170 valence electrons. The lowest BCUT2D eigenvalue weighted by Crippen LogP contribution is -2.32. The predicted molar refractivity (Wildman–Crippen MR) is 118 cm³/mol. The lowest BCUT2D eigenvalue weighted by Gasteiger charge is -2.23. The van der Waals surface area contributed by atoms with Crippen LogP contribution in [0.2, 0.25) is 0 Å². The summed E-state index contributed by atoms with van der Waals surface area (Å²) in [6, 6.07) is 12.1. The summed E-state index contributed by atoms with van der Waals surface area (Å²) in [4.78, 5) is 17.6. The van der Waals surface area contributed by atoms with E-state index in [4.69, 9.17) is 14.3 Å². The number of nitrogens with one attached hydrogen (secondary N) is 1. The van der Waals surface area contributed by atoms with Crippen LogP contribution in [-0.2, 0) is 20.6 Å². The Kier molecular flexibility index (Phi) is 9.44. The maximum absolute atomic E-state index is 12.9. The van der Waals surface area contributed by atoms with Gasteiger partial charge < -0.3 is 14.6 Å². The average molecular weight is 451 g/mol. The molecule has 0 saturated carbocycles. The van der Waals surface area contributed by atoms with E-state index in [1.54, 1.807) is 37.4 Å². The Morgan fingerprint density at radius 3 is 2.32 bits per heavy atom. The topological polar surface area (TPSA) is 97.3 Å². The lowest BCUT2D eigenvalue weighted by molar-refractivity contribution is -0.170. The summed E-state index contributed by atoms with van der Waals surface area (Å²) in [5.74, 6) is 0.709. The maximum atomic E-state index is 12.9. The second kappa shape index (κ2) is 11.8. The Bertz CT molecular complexity index is 890. The van der Waals surface area contributed by atoms with Gasteiger partial charge in [-0.15, -0.1) is 0 Å². The molecule has 9 heteroatoms. The summed E-state index contributed by atoms with van der Waals surface area (Å²) in [5.41, 5.74) is 1.80. The zero-order chi connectivity index (χ0) is 23.0. The van der Waals surface area contributed by atoms with Crippen molar-refractivity contribution in [1.82, 2.24) is 9.79 Å². The number of methoxy groups -OCH3 is 2. The standard InChI is InChI=1S/C22H30N2O6S/c1-15-6-9-18(10-7-15)31(27)23-19(13-17(25)14-22(26)24(2)30-5)16-8-11-20(28-3)21(12-16)29-4/h6-12,17,19,23,25H,13-14H2,1-5H3/t17-,19+,31-/m1/s1. The number of hydroxylamine groups is 2. The van der Waals surface area contributed by atoms with Crippen LogP contribution in [-0.4, -0.2) is 54.8 Å². The summed E-state index contributed by atoms with van der Waals surface area (Å²) < 4.78 is 26.7. The number of carbonyl (C=O) groups is 1. The number of amides is 1. The number of aryl methyl sites for hydroxylation is 1. The fourth-order valence-electron chi connectivity index (χ4n) is 2.97. The van der Waals surface area contributed by atoms with Crippen molar-refractivity contribution < 1.29 is 28.4 Å². The van der Waals surface area contributed by atoms with Gasteiger partial charge in [-0.05, 0) is 43.2 Å². The van der Waals surface area contributed by atoms with Crippen molar-refractivity contribution >= 4 is 16.9 Å². The van der Waals surface area contributed by atoms with Crippen molar-refractivity contribution in [3.63, 3.8) is 0 Å². The fraction of sp³-hybridized carbons (Fsp3) is 0.409. The first-order valence-corrected chi connectivity index (χ1v) is 10.9. The van der Waals surface area contributed by atoms with E-state index in [0.29, 0.717) is 16.4 Å². The second-order valence-electron chi connectivity index (χ2n) is 7.03. The van der Waals surface area contributed by atoms with Crippen LogP contribution in [0.5, 0.6) is 11.5 Å². The molecular formula is C22H30N2O6S. The van der Waals surface area contributed by atoms with Crippen molar-refractivity contribution in [2.45, 2.75) is 36.8 Å². The number of aliphatic hydroxyl groups excluding tert-OH is 1. The molecule has 2 aromatic rings. The molecule has 2 N–H and O–H groups in total. The molecular weight excluding hydrogens is 420 g/mol.